The molecule has 1 fully saturated rings. The number of nitrogens with zero attached hydrogens (tertiary/aromatic N) is 1. The van der Waals surface area contributed by atoms with Gasteiger partial charge in [0.1, 0.15) is 12.6 Å². The normalized spacial score (nSPS) is 18.5. The zero-order chi connectivity index (χ0) is 22.8. The number of nitrogens with one attached hydrogen (secondary N) is 5. The number of carboxylic acid groups (broad SMARTS) is 1. The van der Waals surface area contributed by atoms with Crippen LogP contribution in [-0.4, -0.2) is 64.3 Å². The highest BCUT2D eigenvalue weighted by Gasteiger charge is 2.32. The van der Waals surface area contributed by atoms with Gasteiger partial charge in [-0.1, -0.05) is 30.3 Å². The number of aromatic nitrogens is 2. The number of rotatable bonds is 11. The van der Waals surface area contributed by atoms with Crippen molar-refractivity contribution in [2.75, 3.05) is 18.4 Å². The van der Waals surface area contributed by atoms with Crippen LogP contribution in [0.3, 0.4) is 0 Å². The molecule has 0 aliphatic carbocycles. The summed E-state index contributed by atoms with van der Waals surface area (Å²) in [5, 5.41) is 17.2. The second-order valence-electron chi connectivity index (χ2n) is 7.15. The predicted octanol–water partition coefficient (Wildman–Crippen LogP) is 0.370. The number of H-pyrrole nitrogens is 1. The smallest absolute Gasteiger partial charge is 0.408 e. The zero-order valence-corrected chi connectivity index (χ0v) is 17.2. The first-order valence-electron chi connectivity index (χ1n) is 10.1. The monoisotopic (exact) mass is 446 g/mol. The number of hydrogen-bond donors (Lipinski definition) is 6. The molecule has 1 aliphatic heterocycles. The van der Waals surface area contributed by atoms with Crippen LogP contribution < -0.4 is 21.4 Å². The van der Waals surface area contributed by atoms with Gasteiger partial charge in [0.2, 0.25) is 0 Å². The van der Waals surface area contributed by atoms with E-state index in [1.165, 1.54) is 0 Å². The second-order valence-corrected chi connectivity index (χ2v) is 7.15. The van der Waals surface area contributed by atoms with Crippen molar-refractivity contribution in [2.45, 2.75) is 37.6 Å². The lowest BCUT2D eigenvalue weighted by molar-refractivity contribution is -0.139. The van der Waals surface area contributed by atoms with Gasteiger partial charge in [0.25, 0.3) is 5.91 Å². The van der Waals surface area contributed by atoms with E-state index < -0.39 is 30.1 Å². The number of amides is 2. The minimum absolute atomic E-state index is 0.00310. The molecule has 2 amide bonds. The summed E-state index contributed by atoms with van der Waals surface area (Å²) < 4.78 is 5.02. The Labute approximate surface area is 184 Å². The van der Waals surface area contributed by atoms with E-state index in [4.69, 9.17) is 9.57 Å². The molecule has 3 atom stereocenters. The Morgan fingerprint density at radius 1 is 1.28 bits per heavy atom. The van der Waals surface area contributed by atoms with E-state index in [2.05, 4.69) is 31.4 Å². The van der Waals surface area contributed by atoms with Gasteiger partial charge in [0.15, 0.2) is 12.1 Å². The number of ether oxygens (including phenoxy) is 1. The summed E-state index contributed by atoms with van der Waals surface area (Å²) >= 11 is 0. The quantitative estimate of drug-likeness (QED) is 0.286. The van der Waals surface area contributed by atoms with Crippen LogP contribution in [0.4, 0.5) is 10.7 Å². The topological polar surface area (TPSA) is 167 Å². The lowest BCUT2D eigenvalue weighted by Gasteiger charge is -2.16. The Balaban J connectivity index is 1.35. The molecule has 0 bridgehead atoms. The van der Waals surface area contributed by atoms with Crippen molar-refractivity contribution in [3.05, 3.63) is 48.3 Å². The predicted molar refractivity (Wildman–Crippen MR) is 112 cm³/mol. The third-order valence-corrected chi connectivity index (χ3v) is 4.73. The number of anilines is 1. The van der Waals surface area contributed by atoms with Crippen molar-refractivity contribution in [1.29, 1.82) is 0 Å². The first-order valence-corrected chi connectivity index (χ1v) is 10.1. The molecule has 1 saturated heterocycles. The first kappa shape index (κ1) is 23.0. The van der Waals surface area contributed by atoms with Crippen LogP contribution in [0.15, 0.2) is 42.7 Å². The van der Waals surface area contributed by atoms with Gasteiger partial charge in [0, 0.05) is 37.9 Å². The number of benzene rings is 1. The largest absolute Gasteiger partial charge is 0.480 e. The molecular weight excluding hydrogens is 420 g/mol. The molecule has 32 heavy (non-hydrogen) atoms. The van der Waals surface area contributed by atoms with Gasteiger partial charge in [-0.15, -0.1) is 0 Å². The minimum atomic E-state index is -1.34. The molecule has 12 heteroatoms. The van der Waals surface area contributed by atoms with Crippen LogP contribution in [0.25, 0.3) is 0 Å². The average Bonchev–Trinajstić information content (AvgIpc) is 3.48. The number of carbonyl (C=O) groups excluding carboxylic acids is 2. The molecule has 3 rings (SSSR count). The van der Waals surface area contributed by atoms with Gasteiger partial charge in [-0.25, -0.2) is 14.6 Å². The molecular formula is C20H26N6O6. The van der Waals surface area contributed by atoms with E-state index in [1.54, 1.807) is 36.7 Å². The summed E-state index contributed by atoms with van der Waals surface area (Å²) in [7, 11) is 0. The van der Waals surface area contributed by atoms with Crippen LogP contribution in [0.5, 0.6) is 0 Å². The Kier molecular flexibility index (Phi) is 8.40. The van der Waals surface area contributed by atoms with E-state index in [1.807, 2.05) is 6.07 Å². The molecule has 2 heterocycles. The Morgan fingerprint density at radius 2 is 2.09 bits per heavy atom. The summed E-state index contributed by atoms with van der Waals surface area (Å²) in [6, 6.07) is 7.59. The molecule has 0 saturated carbocycles. The van der Waals surface area contributed by atoms with Crippen molar-refractivity contribution >= 4 is 23.9 Å². The highest BCUT2D eigenvalue weighted by Crippen LogP contribution is 2.14. The molecule has 0 spiro atoms. The van der Waals surface area contributed by atoms with E-state index >= 15 is 0 Å². The summed E-state index contributed by atoms with van der Waals surface area (Å²) in [5.74, 6) is -1.10. The molecule has 1 aromatic heterocycles. The van der Waals surface area contributed by atoms with Gasteiger partial charge < -0.3 is 30.8 Å². The fourth-order valence-corrected chi connectivity index (χ4v) is 3.02. The van der Waals surface area contributed by atoms with Crippen molar-refractivity contribution < 1.29 is 29.1 Å². The molecule has 1 aromatic carbocycles. The number of carboxylic acids is 1. The number of hydrogen-bond acceptors (Lipinski definition) is 8. The summed E-state index contributed by atoms with van der Waals surface area (Å²) in [6.07, 6.45) is 2.82. The van der Waals surface area contributed by atoms with Crippen molar-refractivity contribution in [3.63, 3.8) is 0 Å². The van der Waals surface area contributed by atoms with Gasteiger partial charge in [-0.05, 0) is 12.0 Å². The fraction of sp³-hybridized carbons (Fsp3) is 0.400. The molecule has 2 aromatic rings. The summed E-state index contributed by atoms with van der Waals surface area (Å²) in [6.45, 7) is 0.321. The van der Waals surface area contributed by atoms with Gasteiger partial charge >= 0.3 is 12.1 Å². The van der Waals surface area contributed by atoms with Crippen LogP contribution in [0.2, 0.25) is 0 Å². The molecule has 1 aliphatic rings. The van der Waals surface area contributed by atoms with Crippen LogP contribution >= 0.6 is 0 Å². The SMILES string of the molecule is O=C(NC(CNC(=O)C1CC(CCNc2ncc[nH]2)NO1)C(=O)O)OCc1ccccc1. The number of alkyl carbamates (subject to hydrolysis) is 1. The van der Waals surface area contributed by atoms with Gasteiger partial charge in [-0.3, -0.25) is 9.63 Å². The van der Waals surface area contributed by atoms with Gasteiger partial charge in [0.05, 0.1) is 0 Å². The number of hydroxylamine groups is 1. The lowest BCUT2D eigenvalue weighted by atomic mass is 10.1. The Bertz CT molecular complexity index is 878. The van der Waals surface area contributed by atoms with E-state index in [9.17, 15) is 19.5 Å². The van der Waals surface area contributed by atoms with E-state index in [-0.39, 0.29) is 19.2 Å². The molecule has 0 radical (unpaired) electrons. The molecule has 172 valence electrons. The van der Waals surface area contributed by atoms with Crippen LogP contribution in [0.1, 0.15) is 18.4 Å². The zero-order valence-electron chi connectivity index (χ0n) is 17.2. The third kappa shape index (κ3) is 7.25. The van der Waals surface area contributed by atoms with Crippen LogP contribution in [-0.2, 0) is 25.8 Å². The first-order chi connectivity index (χ1) is 15.5. The van der Waals surface area contributed by atoms with E-state index in [0.29, 0.717) is 25.3 Å². The van der Waals surface area contributed by atoms with Crippen molar-refractivity contribution in [3.8, 4) is 0 Å². The molecule has 3 unspecified atom stereocenters. The number of aromatic amines is 1. The average molecular weight is 446 g/mol. The maximum absolute atomic E-state index is 12.3. The van der Waals surface area contributed by atoms with E-state index in [0.717, 1.165) is 5.56 Å². The number of aliphatic carboxylic acids is 1. The number of imidazole rings is 1. The fourth-order valence-electron chi connectivity index (χ4n) is 3.02. The molecule has 6 N–H and O–H groups in total. The highest BCUT2D eigenvalue weighted by atomic mass is 16.7. The maximum atomic E-state index is 12.3. The number of carbonyl (C=O) groups is 3. The standard InChI is InChI=1S/C20H26N6O6/c27-17(16-10-14(26-32-16)6-7-21-19-22-8-9-23-19)24-11-15(18(28)29)25-20(30)31-12-13-4-2-1-3-5-13/h1-5,8-9,14-16,26H,6-7,10-12H2,(H,24,27)(H,25,30)(H,28,29)(H2,21,22,23). The second kappa shape index (κ2) is 11.7. The summed E-state index contributed by atoms with van der Waals surface area (Å²) in [5.41, 5.74) is 3.57. The van der Waals surface area contributed by atoms with Gasteiger partial charge in [-0.2, -0.15) is 5.48 Å². The molecule has 12 nitrogen and oxygen atoms in total. The summed E-state index contributed by atoms with van der Waals surface area (Å²) in [4.78, 5) is 48.0. The third-order valence-electron chi connectivity index (χ3n) is 4.73. The van der Waals surface area contributed by atoms with Crippen LogP contribution in [0, 0.1) is 0 Å². The maximum Gasteiger partial charge on any atom is 0.408 e. The van der Waals surface area contributed by atoms with Crippen molar-refractivity contribution in [2.24, 2.45) is 0 Å². The highest BCUT2D eigenvalue weighted by molar-refractivity contribution is 5.83. The lowest BCUT2D eigenvalue weighted by Crippen LogP contribution is -2.50. The van der Waals surface area contributed by atoms with Crippen molar-refractivity contribution in [1.82, 2.24) is 26.1 Å². The minimum Gasteiger partial charge on any atom is -0.480 e. The Hall–Kier alpha value is -3.64. The Morgan fingerprint density at radius 3 is 2.81 bits per heavy atom.